The van der Waals surface area contributed by atoms with Crippen LogP contribution in [0.15, 0.2) is 0 Å². The molecule has 100 heavy (non-hydrogen) atoms. The molecule has 0 aliphatic carbocycles. The van der Waals surface area contributed by atoms with Crippen LogP contribution in [0.3, 0.4) is 0 Å². The molecule has 0 fully saturated rings. The van der Waals surface area contributed by atoms with Gasteiger partial charge in [-0.25, -0.2) is 9.13 Å². The number of hydrogen-bond acceptors (Lipinski definition) is 15. The molecule has 0 aromatic heterocycles. The zero-order chi connectivity index (χ0) is 73.5. The van der Waals surface area contributed by atoms with Crippen LogP contribution in [0.4, 0.5) is 0 Å². The van der Waals surface area contributed by atoms with Crippen molar-refractivity contribution in [2.24, 2.45) is 11.8 Å². The Balaban J connectivity index is 5.22. The van der Waals surface area contributed by atoms with Gasteiger partial charge < -0.3 is 33.8 Å². The summed E-state index contributed by atoms with van der Waals surface area (Å²) < 4.78 is 68.7. The maximum absolute atomic E-state index is 13.1. The Kier molecular flexibility index (Phi) is 71.2. The lowest BCUT2D eigenvalue weighted by Crippen LogP contribution is -2.30. The standard InChI is InChI=1S/C81H158O17P2/c1-7-11-13-15-17-19-21-23-25-26-27-28-29-30-31-32-34-36-38-47-53-59-65-80(85)97-76(69-91-78(83)63-57-51-45-37-35-33-24-22-20-18-16-14-12-8-2)71-95-99(87,88)93-67-75(82)68-94-100(89,90)96-72-77(98-81(86)66-60-54-48-42-40-44-50-56-62-74(6)10-4)70-92-79(84)64-58-52-46-41-39-43-49-55-61-73(5)9-3/h73-77,82H,7-72H2,1-6H3,(H,87,88)(H,89,90)/t73?,74?,75-,76-,77-/m1/s1. The van der Waals surface area contributed by atoms with E-state index in [1.54, 1.807) is 0 Å². The average molecular weight is 1470 g/mol. The molecule has 0 saturated heterocycles. The quantitative estimate of drug-likeness (QED) is 0.0222. The Hall–Kier alpha value is -1.94. The van der Waals surface area contributed by atoms with Crippen molar-refractivity contribution >= 4 is 39.5 Å². The number of esters is 4. The number of phosphoric ester groups is 2. The number of ether oxygens (including phenoxy) is 4. The fourth-order valence-electron chi connectivity index (χ4n) is 12.5. The zero-order valence-corrected chi connectivity index (χ0v) is 67.3. The third kappa shape index (κ3) is 71.7. The van der Waals surface area contributed by atoms with E-state index < -0.39 is 97.5 Å². The van der Waals surface area contributed by atoms with Crippen LogP contribution in [0.5, 0.6) is 0 Å². The molecule has 7 atom stereocenters. The minimum absolute atomic E-state index is 0.105. The molecule has 0 aliphatic heterocycles. The largest absolute Gasteiger partial charge is 0.472 e. The first-order chi connectivity index (χ1) is 48.4. The van der Waals surface area contributed by atoms with Crippen LogP contribution < -0.4 is 0 Å². The second kappa shape index (κ2) is 72.6. The summed E-state index contributed by atoms with van der Waals surface area (Å²) >= 11 is 0. The molecule has 17 nitrogen and oxygen atoms in total. The summed E-state index contributed by atoms with van der Waals surface area (Å²) in [6.45, 7) is 9.63. The molecular formula is C81H158O17P2. The van der Waals surface area contributed by atoms with Crippen molar-refractivity contribution in [2.75, 3.05) is 39.6 Å². The number of aliphatic hydroxyl groups is 1. The van der Waals surface area contributed by atoms with Gasteiger partial charge in [0, 0.05) is 25.7 Å². The Morgan fingerprint density at radius 3 is 0.710 bits per heavy atom. The lowest BCUT2D eigenvalue weighted by molar-refractivity contribution is -0.161. The number of phosphoric acid groups is 2. The Bertz CT molecular complexity index is 1930. The fourth-order valence-corrected chi connectivity index (χ4v) is 14.1. The maximum atomic E-state index is 13.1. The first kappa shape index (κ1) is 98.1. The summed E-state index contributed by atoms with van der Waals surface area (Å²) in [4.78, 5) is 73.0. The highest BCUT2D eigenvalue weighted by molar-refractivity contribution is 7.47. The summed E-state index contributed by atoms with van der Waals surface area (Å²) in [6.07, 6.45) is 62.4. The lowest BCUT2D eigenvalue weighted by Gasteiger charge is -2.21. The topological polar surface area (TPSA) is 237 Å². The predicted octanol–water partition coefficient (Wildman–Crippen LogP) is 24.3. The van der Waals surface area contributed by atoms with Crippen LogP contribution in [0.2, 0.25) is 0 Å². The van der Waals surface area contributed by atoms with E-state index in [0.29, 0.717) is 25.7 Å². The van der Waals surface area contributed by atoms with E-state index in [1.165, 1.54) is 244 Å². The first-order valence-electron chi connectivity index (χ1n) is 42.1. The molecular weight excluding hydrogens is 1310 g/mol. The molecule has 0 aromatic rings. The van der Waals surface area contributed by atoms with Gasteiger partial charge in [0.15, 0.2) is 12.2 Å². The van der Waals surface area contributed by atoms with E-state index in [0.717, 1.165) is 102 Å². The van der Waals surface area contributed by atoms with Crippen molar-refractivity contribution in [2.45, 2.75) is 445 Å². The summed E-state index contributed by atoms with van der Waals surface area (Å²) in [5.74, 6) is -0.564. The second-order valence-electron chi connectivity index (χ2n) is 29.6. The van der Waals surface area contributed by atoms with E-state index in [4.69, 9.17) is 37.0 Å². The van der Waals surface area contributed by atoms with Crippen LogP contribution in [-0.2, 0) is 65.4 Å². The molecule has 0 radical (unpaired) electrons. The molecule has 4 unspecified atom stereocenters. The molecule has 0 amide bonds. The molecule has 3 N–H and O–H groups in total. The lowest BCUT2D eigenvalue weighted by atomic mass is 9.99. The number of unbranched alkanes of at least 4 members (excludes halogenated alkanes) is 48. The fraction of sp³-hybridized carbons (Fsp3) is 0.951. The van der Waals surface area contributed by atoms with Gasteiger partial charge in [0.05, 0.1) is 26.4 Å². The van der Waals surface area contributed by atoms with Crippen LogP contribution in [0.25, 0.3) is 0 Å². The highest BCUT2D eigenvalue weighted by atomic mass is 31.2. The number of aliphatic hydroxyl groups excluding tert-OH is 1. The average Bonchev–Trinajstić information content (AvgIpc) is 0.995. The molecule has 0 spiro atoms. The van der Waals surface area contributed by atoms with Crippen LogP contribution in [0.1, 0.15) is 427 Å². The summed E-state index contributed by atoms with van der Waals surface area (Å²) in [7, 11) is -9.92. The van der Waals surface area contributed by atoms with Crippen molar-refractivity contribution in [3.05, 3.63) is 0 Å². The van der Waals surface area contributed by atoms with Gasteiger partial charge in [0.1, 0.15) is 19.3 Å². The third-order valence-electron chi connectivity index (χ3n) is 19.7. The van der Waals surface area contributed by atoms with Crippen molar-refractivity contribution in [1.82, 2.24) is 0 Å². The van der Waals surface area contributed by atoms with Gasteiger partial charge in [-0.1, -0.05) is 375 Å². The molecule has 0 aromatic carbocycles. The Morgan fingerprint density at radius 2 is 0.480 bits per heavy atom. The molecule has 19 heteroatoms. The van der Waals surface area contributed by atoms with Gasteiger partial charge in [0.25, 0.3) is 0 Å². The third-order valence-corrected chi connectivity index (χ3v) is 21.6. The normalized spacial score (nSPS) is 14.4. The van der Waals surface area contributed by atoms with Crippen LogP contribution >= 0.6 is 15.6 Å². The van der Waals surface area contributed by atoms with Gasteiger partial charge in [-0.2, -0.15) is 0 Å². The molecule has 0 rings (SSSR count). The molecule has 0 bridgehead atoms. The molecule has 0 saturated carbocycles. The van der Waals surface area contributed by atoms with E-state index in [-0.39, 0.29) is 25.7 Å². The highest BCUT2D eigenvalue weighted by Crippen LogP contribution is 2.45. The Morgan fingerprint density at radius 1 is 0.280 bits per heavy atom. The molecule has 0 heterocycles. The number of carbonyl (C=O) groups is 4. The van der Waals surface area contributed by atoms with Crippen molar-refractivity contribution in [3.8, 4) is 0 Å². The zero-order valence-electron chi connectivity index (χ0n) is 65.5. The SMILES string of the molecule is CCCCCCCCCCCCCCCCCCCCCCCCC(=O)O[C@H](COC(=O)CCCCCCCCCCCCCCCC)COP(=O)(O)OC[C@@H](O)COP(=O)(O)OC[C@@H](COC(=O)CCCCCCCCCCC(C)CC)OC(=O)CCCCCCCCCCC(C)CC. The maximum Gasteiger partial charge on any atom is 0.472 e. The minimum Gasteiger partial charge on any atom is -0.462 e. The highest BCUT2D eigenvalue weighted by Gasteiger charge is 2.30. The number of hydrogen-bond donors (Lipinski definition) is 3. The number of rotatable bonds is 80. The molecule has 594 valence electrons. The van der Waals surface area contributed by atoms with Crippen molar-refractivity contribution in [3.63, 3.8) is 0 Å². The van der Waals surface area contributed by atoms with E-state index in [9.17, 15) is 43.2 Å². The van der Waals surface area contributed by atoms with E-state index >= 15 is 0 Å². The first-order valence-corrected chi connectivity index (χ1v) is 45.1. The smallest absolute Gasteiger partial charge is 0.462 e. The van der Waals surface area contributed by atoms with Crippen LogP contribution in [-0.4, -0.2) is 96.7 Å². The van der Waals surface area contributed by atoms with E-state index in [1.807, 2.05) is 0 Å². The van der Waals surface area contributed by atoms with Gasteiger partial charge in [-0.15, -0.1) is 0 Å². The van der Waals surface area contributed by atoms with E-state index in [2.05, 4.69) is 41.5 Å². The number of carbonyl (C=O) groups excluding carboxylic acids is 4. The van der Waals surface area contributed by atoms with Gasteiger partial charge >= 0.3 is 39.5 Å². The summed E-state index contributed by atoms with van der Waals surface area (Å²) in [5, 5.41) is 10.6. The predicted molar refractivity (Wildman–Crippen MR) is 409 cm³/mol. The molecule has 0 aliphatic rings. The van der Waals surface area contributed by atoms with Crippen LogP contribution in [0, 0.1) is 11.8 Å². The van der Waals surface area contributed by atoms with Gasteiger partial charge in [-0.05, 0) is 37.5 Å². The van der Waals surface area contributed by atoms with Gasteiger partial charge in [0.2, 0.25) is 0 Å². The summed E-state index contributed by atoms with van der Waals surface area (Å²) in [5.41, 5.74) is 0. The van der Waals surface area contributed by atoms with Gasteiger partial charge in [-0.3, -0.25) is 37.3 Å². The Labute approximate surface area is 613 Å². The summed E-state index contributed by atoms with van der Waals surface area (Å²) in [6, 6.07) is 0. The monoisotopic (exact) mass is 1470 g/mol. The minimum atomic E-state index is -4.96. The van der Waals surface area contributed by atoms with Crippen molar-refractivity contribution in [1.29, 1.82) is 0 Å². The second-order valence-corrected chi connectivity index (χ2v) is 32.6. The van der Waals surface area contributed by atoms with Crippen molar-refractivity contribution < 1.29 is 80.2 Å².